The van der Waals surface area contributed by atoms with Gasteiger partial charge in [0.15, 0.2) is 10.8 Å². The van der Waals surface area contributed by atoms with E-state index in [9.17, 15) is 18.4 Å². The number of amidine groups is 1. The second-order valence-electron chi connectivity index (χ2n) is 8.88. The van der Waals surface area contributed by atoms with Crippen LogP contribution in [-0.2, 0) is 14.3 Å². The fraction of sp³-hybridized carbons (Fsp3) is 0.440. The normalized spacial score (nSPS) is 23.5. The maximum absolute atomic E-state index is 14.8. The molecule has 3 atom stereocenters. The van der Waals surface area contributed by atoms with Gasteiger partial charge < -0.3 is 15.2 Å². The molecule has 0 radical (unpaired) electrons. The second-order valence-corrected chi connectivity index (χ2v) is 10.2. The van der Waals surface area contributed by atoms with Crippen LogP contribution in [0.2, 0.25) is 5.02 Å². The first-order valence-electron chi connectivity index (χ1n) is 11.9. The zero-order valence-electron chi connectivity index (χ0n) is 20.3. The Bertz CT molecular complexity index is 1220. The van der Waals surface area contributed by atoms with Crippen molar-refractivity contribution in [1.82, 2.24) is 15.2 Å². The largest absolute Gasteiger partial charge is 0.481 e. The number of aromatic nitrogens is 1. The van der Waals surface area contributed by atoms with Crippen LogP contribution in [0.1, 0.15) is 49.7 Å². The zero-order valence-corrected chi connectivity index (χ0v) is 21.9. The smallest absolute Gasteiger partial charge is 0.338 e. The summed E-state index contributed by atoms with van der Waals surface area (Å²) in [5, 5.41) is 15.0. The molecule has 1 saturated heterocycles. The molecule has 12 heteroatoms. The van der Waals surface area contributed by atoms with Crippen molar-refractivity contribution in [3.8, 4) is 0 Å². The second kappa shape index (κ2) is 11.2. The standard InChI is InChI=1S/C25H27ClF2N4O4S/c1-3-36-24(35)20-18(13-32-14(2)25(27,28)12-15(32)8-9-19(33)34)30-22(23-29-10-11-37-23)31-21(20)16-6-4-5-7-17(16)26/h4-7,10-11,14-15,21H,3,8-9,12-13H2,1-2H3,(H,30,31)(H,33,34)/t14?,15-,21+/m1/s1. The monoisotopic (exact) mass is 552 g/mol. The first-order chi connectivity index (χ1) is 17.6. The van der Waals surface area contributed by atoms with Crippen molar-refractivity contribution in [3.63, 3.8) is 0 Å². The third kappa shape index (κ3) is 5.83. The molecule has 2 aliphatic rings. The highest BCUT2D eigenvalue weighted by Crippen LogP contribution is 2.42. The Kier molecular flexibility index (Phi) is 8.25. The van der Waals surface area contributed by atoms with Gasteiger partial charge in [-0.1, -0.05) is 29.8 Å². The summed E-state index contributed by atoms with van der Waals surface area (Å²) in [5.74, 6) is -4.33. The third-order valence-corrected chi connectivity index (χ3v) is 7.70. The van der Waals surface area contributed by atoms with E-state index in [1.54, 1.807) is 47.7 Å². The number of benzene rings is 1. The van der Waals surface area contributed by atoms with Crippen LogP contribution in [-0.4, -0.2) is 63.9 Å². The molecule has 0 saturated carbocycles. The number of carboxylic acid groups (broad SMARTS) is 1. The van der Waals surface area contributed by atoms with E-state index >= 15 is 0 Å². The summed E-state index contributed by atoms with van der Waals surface area (Å²) in [6.45, 7) is 3.12. The Morgan fingerprint density at radius 3 is 2.76 bits per heavy atom. The van der Waals surface area contributed by atoms with Crippen LogP contribution in [0.15, 0.2) is 52.1 Å². The van der Waals surface area contributed by atoms with Gasteiger partial charge in [0, 0.05) is 53.3 Å². The molecule has 8 nitrogen and oxygen atoms in total. The molecule has 2 aliphatic heterocycles. The molecule has 3 heterocycles. The Balaban J connectivity index is 1.81. The van der Waals surface area contributed by atoms with Gasteiger partial charge in [0.25, 0.3) is 5.92 Å². The lowest BCUT2D eigenvalue weighted by Gasteiger charge is -2.33. The zero-order chi connectivity index (χ0) is 26.7. The van der Waals surface area contributed by atoms with E-state index in [4.69, 9.17) is 26.4 Å². The summed E-state index contributed by atoms with van der Waals surface area (Å²) < 4.78 is 35.0. The minimum absolute atomic E-state index is 0.0542. The predicted molar refractivity (Wildman–Crippen MR) is 136 cm³/mol. The number of aliphatic imine (C=N–C) groups is 1. The van der Waals surface area contributed by atoms with E-state index in [2.05, 4.69) is 10.3 Å². The molecular weight excluding hydrogens is 526 g/mol. The SMILES string of the molecule is CCOC(=O)C1=C(CN2C(C)C(F)(F)C[C@H]2CCC(=O)O)NC(c2nccs2)=N[C@H]1c1ccccc1Cl. The number of nitrogens with zero attached hydrogens (tertiary/aromatic N) is 3. The molecule has 2 N–H and O–H groups in total. The number of rotatable bonds is 9. The maximum Gasteiger partial charge on any atom is 0.338 e. The maximum atomic E-state index is 14.8. The van der Waals surface area contributed by atoms with E-state index in [-0.39, 0.29) is 31.6 Å². The fourth-order valence-corrected chi connectivity index (χ4v) is 5.53. The summed E-state index contributed by atoms with van der Waals surface area (Å²) in [6.07, 6.45) is 0.961. The van der Waals surface area contributed by atoms with Crippen LogP contribution in [0.4, 0.5) is 8.78 Å². The van der Waals surface area contributed by atoms with Gasteiger partial charge in [-0.25, -0.2) is 18.6 Å². The lowest BCUT2D eigenvalue weighted by molar-refractivity contribution is -0.139. The number of carbonyl (C=O) groups excluding carboxylic acids is 1. The number of thiazole rings is 1. The number of carbonyl (C=O) groups is 2. The lowest BCUT2D eigenvalue weighted by Crippen LogP contribution is -2.45. The highest BCUT2D eigenvalue weighted by Gasteiger charge is 2.51. The number of nitrogens with one attached hydrogen (secondary N) is 1. The molecule has 0 amide bonds. The molecule has 0 bridgehead atoms. The van der Waals surface area contributed by atoms with E-state index in [0.717, 1.165) is 0 Å². The van der Waals surface area contributed by atoms with Crippen molar-refractivity contribution in [2.24, 2.45) is 4.99 Å². The van der Waals surface area contributed by atoms with Crippen LogP contribution in [0.3, 0.4) is 0 Å². The summed E-state index contributed by atoms with van der Waals surface area (Å²) in [7, 11) is 0. The molecule has 1 fully saturated rings. The van der Waals surface area contributed by atoms with Gasteiger partial charge in [-0.2, -0.15) is 0 Å². The molecule has 0 spiro atoms. The van der Waals surface area contributed by atoms with Crippen molar-refractivity contribution >= 4 is 40.7 Å². The molecule has 198 valence electrons. The average Bonchev–Trinajstić information content (AvgIpc) is 3.46. The topological polar surface area (TPSA) is 104 Å². The Labute approximate surface area is 222 Å². The van der Waals surface area contributed by atoms with Crippen molar-refractivity contribution in [3.05, 3.63) is 62.7 Å². The molecule has 37 heavy (non-hydrogen) atoms. The number of aliphatic carboxylic acids is 1. The van der Waals surface area contributed by atoms with E-state index in [0.29, 0.717) is 27.1 Å². The number of hydrogen-bond donors (Lipinski definition) is 2. The number of esters is 1. The number of ether oxygens (including phenoxy) is 1. The minimum Gasteiger partial charge on any atom is -0.481 e. The number of carboxylic acids is 1. The number of alkyl halides is 2. The summed E-state index contributed by atoms with van der Waals surface area (Å²) >= 11 is 7.84. The number of hydrogen-bond acceptors (Lipinski definition) is 8. The van der Waals surface area contributed by atoms with Crippen LogP contribution in [0.5, 0.6) is 0 Å². The third-order valence-electron chi connectivity index (χ3n) is 6.57. The molecule has 1 aromatic heterocycles. The van der Waals surface area contributed by atoms with Crippen LogP contribution >= 0.6 is 22.9 Å². The van der Waals surface area contributed by atoms with Gasteiger partial charge in [-0.3, -0.25) is 14.7 Å². The minimum atomic E-state index is -3.02. The van der Waals surface area contributed by atoms with Gasteiger partial charge >= 0.3 is 11.9 Å². The first kappa shape index (κ1) is 27.2. The van der Waals surface area contributed by atoms with Crippen molar-refractivity contribution in [2.45, 2.75) is 57.2 Å². The summed E-state index contributed by atoms with van der Waals surface area (Å²) in [4.78, 5) is 35.1. The predicted octanol–water partition coefficient (Wildman–Crippen LogP) is 4.67. The average molecular weight is 553 g/mol. The van der Waals surface area contributed by atoms with E-state index in [1.165, 1.54) is 18.3 Å². The number of halogens is 3. The van der Waals surface area contributed by atoms with Gasteiger partial charge in [0.1, 0.15) is 6.04 Å². The van der Waals surface area contributed by atoms with E-state index in [1.807, 2.05) is 0 Å². The van der Waals surface area contributed by atoms with Gasteiger partial charge in [-0.15, -0.1) is 11.3 Å². The molecule has 4 rings (SSSR count). The first-order valence-corrected chi connectivity index (χ1v) is 13.1. The van der Waals surface area contributed by atoms with Gasteiger partial charge in [-0.05, 0) is 26.3 Å². The number of likely N-dealkylation sites (tertiary alicyclic amines) is 1. The molecule has 2 aromatic rings. The highest BCUT2D eigenvalue weighted by atomic mass is 35.5. The van der Waals surface area contributed by atoms with Gasteiger partial charge in [0.2, 0.25) is 0 Å². The molecular formula is C25H27ClF2N4O4S. The highest BCUT2D eigenvalue weighted by molar-refractivity contribution is 7.11. The Hall–Kier alpha value is -2.89. The Morgan fingerprint density at radius 2 is 2.11 bits per heavy atom. The Morgan fingerprint density at radius 1 is 1.35 bits per heavy atom. The summed E-state index contributed by atoms with van der Waals surface area (Å²) in [6, 6.07) is 4.23. The van der Waals surface area contributed by atoms with Crippen LogP contribution in [0.25, 0.3) is 0 Å². The van der Waals surface area contributed by atoms with E-state index < -0.39 is 42.4 Å². The molecule has 1 aromatic carbocycles. The van der Waals surface area contributed by atoms with Crippen molar-refractivity contribution in [2.75, 3.05) is 13.2 Å². The molecule has 1 unspecified atom stereocenters. The summed E-state index contributed by atoms with van der Waals surface area (Å²) in [5.41, 5.74) is 1.06. The van der Waals surface area contributed by atoms with Crippen molar-refractivity contribution in [1.29, 1.82) is 0 Å². The van der Waals surface area contributed by atoms with Crippen LogP contribution in [0, 0.1) is 0 Å². The van der Waals surface area contributed by atoms with Gasteiger partial charge in [0.05, 0.1) is 18.2 Å². The van der Waals surface area contributed by atoms with Crippen LogP contribution < -0.4 is 5.32 Å². The molecule has 0 aliphatic carbocycles. The quantitative estimate of drug-likeness (QED) is 0.436. The fourth-order valence-electron chi connectivity index (χ4n) is 4.71. The lowest BCUT2D eigenvalue weighted by atomic mass is 9.95. The van der Waals surface area contributed by atoms with Crippen molar-refractivity contribution < 1.29 is 28.2 Å².